The zero-order valence-corrected chi connectivity index (χ0v) is 14.6. The number of hydrogen-bond donors (Lipinski definition) is 1. The molecule has 0 saturated heterocycles. The predicted molar refractivity (Wildman–Crippen MR) is 94.3 cm³/mol. The summed E-state index contributed by atoms with van der Waals surface area (Å²) in [5.41, 5.74) is 5.59. The highest BCUT2D eigenvalue weighted by atomic mass is 32.1. The van der Waals surface area contributed by atoms with E-state index < -0.39 is 0 Å². The first-order valence-corrected chi connectivity index (χ1v) is 8.42. The quantitative estimate of drug-likeness (QED) is 0.679. The number of hydrogen-bond acceptors (Lipinski definition) is 3. The lowest BCUT2D eigenvalue weighted by Crippen LogP contribution is -2.38. The summed E-state index contributed by atoms with van der Waals surface area (Å²) in [5.74, 6) is 0.929. The van der Waals surface area contributed by atoms with Gasteiger partial charge in [-0.1, -0.05) is 24.3 Å². The molecule has 1 aromatic carbocycles. The molecule has 0 radical (unpaired) electrons. The third kappa shape index (κ3) is 4.31. The van der Waals surface area contributed by atoms with Gasteiger partial charge in [0.1, 0.15) is 0 Å². The Morgan fingerprint density at radius 2 is 2.09 bits per heavy atom. The fraction of sp³-hybridized carbons (Fsp3) is 0.412. The highest BCUT2D eigenvalue weighted by molar-refractivity contribution is 7.09. The molecular formula is C17H24N4S. The first-order chi connectivity index (χ1) is 10.6. The Hall–Kier alpha value is -1.88. The summed E-state index contributed by atoms with van der Waals surface area (Å²) in [5, 5.41) is 3.36. The Morgan fingerprint density at radius 1 is 1.32 bits per heavy atom. The number of guanidine groups is 1. The maximum atomic E-state index is 4.74. The molecule has 2 aromatic rings. The van der Waals surface area contributed by atoms with Crippen LogP contribution in [0.4, 0.5) is 0 Å². The lowest BCUT2D eigenvalue weighted by Gasteiger charge is -2.23. The number of nitrogens with one attached hydrogen (secondary N) is 1. The third-order valence-corrected chi connectivity index (χ3v) is 4.50. The van der Waals surface area contributed by atoms with Crippen molar-refractivity contribution < 1.29 is 0 Å². The summed E-state index contributed by atoms with van der Waals surface area (Å²) >= 11 is 1.66. The topological polar surface area (TPSA) is 40.5 Å². The minimum Gasteiger partial charge on any atom is -0.357 e. The van der Waals surface area contributed by atoms with Crippen LogP contribution in [0.15, 0.2) is 34.8 Å². The van der Waals surface area contributed by atoms with Gasteiger partial charge in [-0.15, -0.1) is 11.3 Å². The van der Waals surface area contributed by atoms with E-state index in [0.717, 1.165) is 24.7 Å². The summed E-state index contributed by atoms with van der Waals surface area (Å²) in [6.07, 6.45) is 0. The molecule has 0 spiro atoms. The molecule has 0 fully saturated rings. The number of rotatable bonds is 5. The van der Waals surface area contributed by atoms with Crippen molar-refractivity contribution in [1.29, 1.82) is 0 Å². The van der Waals surface area contributed by atoms with Crippen LogP contribution in [0, 0.1) is 13.8 Å². The zero-order valence-electron chi connectivity index (χ0n) is 13.8. The molecule has 22 heavy (non-hydrogen) atoms. The number of benzene rings is 1. The van der Waals surface area contributed by atoms with Crippen molar-refractivity contribution in [2.24, 2.45) is 4.99 Å². The van der Waals surface area contributed by atoms with E-state index in [2.05, 4.69) is 60.4 Å². The van der Waals surface area contributed by atoms with Crippen molar-refractivity contribution in [3.8, 4) is 0 Å². The Bertz CT molecular complexity index is 633. The van der Waals surface area contributed by atoms with Crippen LogP contribution in [0.3, 0.4) is 0 Å². The van der Waals surface area contributed by atoms with Crippen molar-refractivity contribution in [2.75, 3.05) is 13.6 Å². The molecule has 0 aliphatic rings. The van der Waals surface area contributed by atoms with Crippen molar-refractivity contribution in [3.63, 3.8) is 0 Å². The molecule has 0 saturated carbocycles. The van der Waals surface area contributed by atoms with Crippen molar-refractivity contribution in [2.45, 2.75) is 33.9 Å². The number of aliphatic imine (C=N–C) groups is 1. The van der Waals surface area contributed by atoms with Crippen LogP contribution in [0.5, 0.6) is 0 Å². The molecule has 0 unspecified atom stereocenters. The molecule has 5 heteroatoms. The lowest BCUT2D eigenvalue weighted by molar-refractivity contribution is 0.475. The van der Waals surface area contributed by atoms with E-state index in [0.29, 0.717) is 6.54 Å². The molecule has 2 rings (SSSR count). The molecule has 1 heterocycles. The Morgan fingerprint density at radius 3 is 2.73 bits per heavy atom. The van der Waals surface area contributed by atoms with E-state index in [4.69, 9.17) is 4.99 Å². The Kier molecular flexibility index (Phi) is 5.95. The van der Waals surface area contributed by atoms with Gasteiger partial charge in [-0.3, -0.25) is 0 Å². The summed E-state index contributed by atoms with van der Waals surface area (Å²) in [6.45, 7) is 8.66. The first kappa shape index (κ1) is 16.5. The second-order valence-electron chi connectivity index (χ2n) is 5.31. The number of aromatic nitrogens is 1. The van der Waals surface area contributed by atoms with Crippen molar-refractivity contribution >= 4 is 17.3 Å². The number of nitrogens with zero attached hydrogens (tertiary/aromatic N) is 3. The van der Waals surface area contributed by atoms with Crippen LogP contribution < -0.4 is 5.32 Å². The van der Waals surface area contributed by atoms with E-state index in [-0.39, 0.29) is 0 Å². The molecule has 1 N–H and O–H groups in total. The average Bonchev–Trinajstić information content (AvgIpc) is 2.91. The van der Waals surface area contributed by atoms with Gasteiger partial charge in [-0.2, -0.15) is 0 Å². The van der Waals surface area contributed by atoms with E-state index in [1.54, 1.807) is 11.3 Å². The van der Waals surface area contributed by atoms with E-state index >= 15 is 0 Å². The van der Waals surface area contributed by atoms with Crippen molar-refractivity contribution in [3.05, 3.63) is 51.5 Å². The van der Waals surface area contributed by atoms with Crippen LogP contribution in [-0.2, 0) is 13.1 Å². The minimum atomic E-state index is 0.678. The second-order valence-corrected chi connectivity index (χ2v) is 6.25. The van der Waals surface area contributed by atoms with Crippen LogP contribution in [0.25, 0.3) is 0 Å². The highest BCUT2D eigenvalue weighted by Gasteiger charge is 2.08. The van der Waals surface area contributed by atoms with Gasteiger partial charge in [0.25, 0.3) is 0 Å². The summed E-state index contributed by atoms with van der Waals surface area (Å²) in [4.78, 5) is 12.4. The van der Waals surface area contributed by atoms with Gasteiger partial charge >= 0.3 is 0 Å². The monoisotopic (exact) mass is 316 g/mol. The Labute approximate surface area is 136 Å². The van der Waals surface area contributed by atoms with Gasteiger partial charge in [0, 0.05) is 25.0 Å². The maximum Gasteiger partial charge on any atom is 0.194 e. The summed E-state index contributed by atoms with van der Waals surface area (Å²) in [7, 11) is 2.08. The maximum absolute atomic E-state index is 4.74. The largest absolute Gasteiger partial charge is 0.357 e. The molecule has 118 valence electrons. The fourth-order valence-electron chi connectivity index (χ4n) is 2.21. The van der Waals surface area contributed by atoms with Gasteiger partial charge in [-0.05, 0) is 31.9 Å². The second kappa shape index (κ2) is 7.94. The summed E-state index contributed by atoms with van der Waals surface area (Å²) < 4.78 is 0. The fourth-order valence-corrected chi connectivity index (χ4v) is 2.91. The zero-order chi connectivity index (χ0) is 15.9. The van der Waals surface area contributed by atoms with Crippen molar-refractivity contribution in [1.82, 2.24) is 15.2 Å². The third-order valence-electron chi connectivity index (χ3n) is 3.58. The van der Waals surface area contributed by atoms with Crippen LogP contribution in [0.2, 0.25) is 0 Å². The van der Waals surface area contributed by atoms with Gasteiger partial charge < -0.3 is 10.2 Å². The van der Waals surface area contributed by atoms with Gasteiger partial charge in [0.2, 0.25) is 0 Å². The smallest absolute Gasteiger partial charge is 0.194 e. The van der Waals surface area contributed by atoms with Gasteiger partial charge in [0.05, 0.1) is 17.7 Å². The summed E-state index contributed by atoms with van der Waals surface area (Å²) in [6, 6.07) is 8.47. The number of aryl methyl sites for hydroxylation is 2. The highest BCUT2D eigenvalue weighted by Crippen LogP contribution is 2.14. The molecule has 4 nitrogen and oxygen atoms in total. The van der Waals surface area contributed by atoms with Crippen LogP contribution in [0.1, 0.15) is 28.6 Å². The normalized spacial score (nSPS) is 11.5. The lowest BCUT2D eigenvalue weighted by atomic mass is 10.1. The minimum absolute atomic E-state index is 0.678. The molecule has 0 aliphatic heterocycles. The molecule has 0 aliphatic carbocycles. The van der Waals surface area contributed by atoms with E-state index in [9.17, 15) is 0 Å². The molecule has 0 amide bonds. The molecular weight excluding hydrogens is 292 g/mol. The van der Waals surface area contributed by atoms with E-state index in [1.165, 1.54) is 16.0 Å². The standard InChI is InChI=1S/C17H24N4S/c1-5-18-17(19-10-16-14(3)20-12-22-16)21(4)11-15-9-7-6-8-13(15)2/h6-9,12H,5,10-11H2,1-4H3,(H,18,19). The average molecular weight is 316 g/mol. The van der Waals surface area contributed by atoms with E-state index in [1.807, 2.05) is 12.4 Å². The molecule has 0 bridgehead atoms. The first-order valence-electron chi connectivity index (χ1n) is 7.54. The van der Waals surface area contributed by atoms with Gasteiger partial charge in [0.15, 0.2) is 5.96 Å². The van der Waals surface area contributed by atoms with Crippen LogP contribution >= 0.6 is 11.3 Å². The molecule has 1 aromatic heterocycles. The van der Waals surface area contributed by atoms with Crippen LogP contribution in [-0.4, -0.2) is 29.4 Å². The predicted octanol–water partition coefficient (Wildman–Crippen LogP) is 3.36. The Balaban J connectivity index is 2.09. The van der Waals surface area contributed by atoms with Gasteiger partial charge in [-0.25, -0.2) is 9.98 Å². The molecule has 0 atom stereocenters. The number of thiazole rings is 1. The SMILES string of the molecule is CCNC(=NCc1scnc1C)N(C)Cc1ccccc1C.